The molecule has 0 amide bonds. The molecule has 5 rings (SSSR count). The van der Waals surface area contributed by atoms with Crippen molar-refractivity contribution >= 4 is 29.6 Å². The number of fused-ring (bicyclic) bond motifs is 1. The Balaban J connectivity index is 1.62. The van der Waals surface area contributed by atoms with Crippen LogP contribution < -0.4 is 9.64 Å². The van der Waals surface area contributed by atoms with Crippen LogP contribution in [0.2, 0.25) is 0 Å². The molecule has 35 heavy (non-hydrogen) atoms. The molecule has 1 N–H and O–H groups in total. The number of rotatable bonds is 4. The Kier molecular flexibility index (Phi) is 5.21. The molecule has 184 valence electrons. The summed E-state index contributed by atoms with van der Waals surface area (Å²) in [6.45, 7) is 16.1. The highest BCUT2D eigenvalue weighted by molar-refractivity contribution is 6.05. The summed E-state index contributed by atoms with van der Waals surface area (Å²) in [5, 5.41) is 11.6. The van der Waals surface area contributed by atoms with E-state index in [0.717, 1.165) is 54.0 Å². The molecule has 0 aliphatic carbocycles. The van der Waals surface area contributed by atoms with Crippen molar-refractivity contribution in [3.8, 4) is 11.5 Å². The molecular weight excluding hydrogens is 436 g/mol. The maximum Gasteiger partial charge on any atom is 0.298 e. The molecule has 0 saturated heterocycles. The summed E-state index contributed by atoms with van der Waals surface area (Å²) in [4.78, 5) is 13.3. The van der Waals surface area contributed by atoms with Gasteiger partial charge >= 0.3 is 0 Å². The van der Waals surface area contributed by atoms with E-state index in [1.54, 1.807) is 0 Å². The first-order chi connectivity index (χ1) is 16.4. The standard InChI is InChI=1S/C30H36N2O3/c1-28(2)12-14-32-15-13-29(3,4)25-26(32)22(28)16-19(27(25)34)8-11-24-30(5,6)21-17-20(35-18-33)9-10-23(21)31(24)7/h8-11,16-18H,12-15H2,1-7H3/p+1. The minimum atomic E-state index is -0.281. The Bertz CT molecular complexity index is 1300. The molecule has 3 heterocycles. The Labute approximate surface area is 208 Å². The monoisotopic (exact) mass is 473 g/mol. The van der Waals surface area contributed by atoms with Crippen LogP contribution in [0.1, 0.15) is 76.6 Å². The zero-order chi connectivity index (χ0) is 25.3. The molecule has 0 atom stereocenters. The lowest BCUT2D eigenvalue weighted by Gasteiger charge is -2.48. The van der Waals surface area contributed by atoms with Crippen LogP contribution in [0.15, 0.2) is 30.3 Å². The van der Waals surface area contributed by atoms with E-state index in [1.165, 1.54) is 11.3 Å². The number of hydrogen-bond donors (Lipinski definition) is 1. The molecule has 5 heteroatoms. The van der Waals surface area contributed by atoms with Gasteiger partial charge in [-0.1, -0.05) is 27.7 Å². The lowest BCUT2D eigenvalue weighted by molar-refractivity contribution is -0.401. The van der Waals surface area contributed by atoms with Crippen LogP contribution in [-0.4, -0.2) is 42.0 Å². The number of hydrogen-bond acceptors (Lipinski definition) is 4. The Morgan fingerprint density at radius 1 is 0.971 bits per heavy atom. The smallest absolute Gasteiger partial charge is 0.298 e. The van der Waals surface area contributed by atoms with E-state index in [9.17, 15) is 9.90 Å². The molecule has 0 unspecified atom stereocenters. The van der Waals surface area contributed by atoms with Gasteiger partial charge in [-0.05, 0) is 67.4 Å². The van der Waals surface area contributed by atoms with Gasteiger partial charge in [0.25, 0.3) is 6.47 Å². The van der Waals surface area contributed by atoms with Crippen molar-refractivity contribution in [1.82, 2.24) is 0 Å². The predicted molar refractivity (Wildman–Crippen MR) is 142 cm³/mol. The van der Waals surface area contributed by atoms with Crippen molar-refractivity contribution in [2.45, 2.75) is 70.6 Å². The number of phenolic OH excluding ortho intramolecular Hbond substituents is 1. The summed E-state index contributed by atoms with van der Waals surface area (Å²) < 4.78 is 7.29. The highest BCUT2D eigenvalue weighted by Crippen LogP contribution is 2.53. The second-order valence-corrected chi connectivity index (χ2v) is 12.1. The SMILES string of the molecule is C[N+]1=C(/C=C/c2cc3c4c(c2O)C(C)(C)CCN4CCC3(C)C)C(C)(C)c2cc(OC=O)ccc21. The Morgan fingerprint density at radius 3 is 2.34 bits per heavy atom. The lowest BCUT2D eigenvalue weighted by Crippen LogP contribution is -2.44. The number of benzene rings is 2. The number of aromatic hydroxyl groups is 1. The van der Waals surface area contributed by atoms with Crippen LogP contribution in [-0.2, 0) is 21.0 Å². The van der Waals surface area contributed by atoms with Gasteiger partial charge < -0.3 is 14.7 Å². The molecule has 2 aromatic rings. The largest absolute Gasteiger partial charge is 0.507 e. The van der Waals surface area contributed by atoms with Crippen molar-refractivity contribution in [3.63, 3.8) is 0 Å². The second kappa shape index (κ2) is 7.71. The van der Waals surface area contributed by atoms with E-state index in [4.69, 9.17) is 4.74 Å². The fourth-order valence-electron chi connectivity index (χ4n) is 6.33. The number of phenols is 1. The number of carbonyl (C=O) groups is 1. The Hall–Kier alpha value is -3.08. The molecule has 5 nitrogen and oxygen atoms in total. The summed E-state index contributed by atoms with van der Waals surface area (Å²) in [7, 11) is 2.06. The molecule has 0 bridgehead atoms. The molecule has 0 fully saturated rings. The van der Waals surface area contributed by atoms with Crippen LogP contribution in [0.25, 0.3) is 6.08 Å². The summed E-state index contributed by atoms with van der Waals surface area (Å²) >= 11 is 0. The van der Waals surface area contributed by atoms with Gasteiger partial charge in [0.15, 0.2) is 5.71 Å². The van der Waals surface area contributed by atoms with E-state index in [1.807, 2.05) is 18.2 Å². The van der Waals surface area contributed by atoms with Crippen LogP contribution in [0.5, 0.6) is 11.5 Å². The molecule has 2 aromatic carbocycles. The summed E-state index contributed by atoms with van der Waals surface area (Å²) in [5.74, 6) is 0.955. The molecule has 3 aliphatic rings. The molecular formula is C30H37N2O3+. The number of anilines is 1. The van der Waals surface area contributed by atoms with Gasteiger partial charge in [0, 0.05) is 47.6 Å². The first kappa shape index (κ1) is 23.7. The van der Waals surface area contributed by atoms with Crippen molar-refractivity contribution in [1.29, 1.82) is 0 Å². The third-order valence-corrected chi connectivity index (χ3v) is 8.65. The van der Waals surface area contributed by atoms with Crippen LogP contribution in [0.4, 0.5) is 11.4 Å². The maximum atomic E-state index is 11.6. The van der Waals surface area contributed by atoms with Gasteiger partial charge in [-0.15, -0.1) is 0 Å². The van der Waals surface area contributed by atoms with Gasteiger partial charge in [0.05, 0.1) is 5.41 Å². The number of carbonyl (C=O) groups excluding carboxylic acids is 1. The van der Waals surface area contributed by atoms with Gasteiger partial charge in [-0.2, -0.15) is 4.58 Å². The highest BCUT2D eigenvalue weighted by atomic mass is 16.5. The number of allylic oxidation sites excluding steroid dienone is 1. The van der Waals surface area contributed by atoms with Crippen molar-refractivity contribution in [2.24, 2.45) is 0 Å². The minimum Gasteiger partial charge on any atom is -0.507 e. The van der Waals surface area contributed by atoms with Gasteiger partial charge in [0.2, 0.25) is 5.69 Å². The van der Waals surface area contributed by atoms with E-state index >= 15 is 0 Å². The molecule has 0 saturated carbocycles. The zero-order valence-electron chi connectivity index (χ0n) is 22.0. The quantitative estimate of drug-likeness (QED) is 0.449. The average molecular weight is 474 g/mol. The van der Waals surface area contributed by atoms with Gasteiger partial charge in [-0.3, -0.25) is 4.79 Å². The third kappa shape index (κ3) is 3.50. The van der Waals surface area contributed by atoms with Crippen LogP contribution in [0, 0.1) is 0 Å². The number of ether oxygens (including phenoxy) is 1. The predicted octanol–water partition coefficient (Wildman–Crippen LogP) is 5.82. The van der Waals surface area contributed by atoms with Crippen LogP contribution in [0.3, 0.4) is 0 Å². The normalized spacial score (nSPS) is 21.2. The summed E-state index contributed by atoms with van der Waals surface area (Å²) in [5.41, 5.74) is 7.60. The minimum absolute atomic E-state index is 0.0616. The molecule has 3 aliphatic heterocycles. The second-order valence-electron chi connectivity index (χ2n) is 12.1. The third-order valence-electron chi connectivity index (χ3n) is 8.65. The average Bonchev–Trinajstić information content (AvgIpc) is 2.97. The van der Waals surface area contributed by atoms with Gasteiger partial charge in [-0.25, -0.2) is 0 Å². The van der Waals surface area contributed by atoms with E-state index in [-0.39, 0.29) is 16.2 Å². The van der Waals surface area contributed by atoms with E-state index < -0.39 is 0 Å². The molecule has 0 radical (unpaired) electrons. The summed E-state index contributed by atoms with van der Waals surface area (Å²) in [6.07, 6.45) is 6.36. The highest BCUT2D eigenvalue weighted by Gasteiger charge is 2.44. The number of nitrogens with zero attached hydrogens (tertiary/aromatic N) is 2. The first-order valence-electron chi connectivity index (χ1n) is 12.6. The fourth-order valence-corrected chi connectivity index (χ4v) is 6.33. The van der Waals surface area contributed by atoms with Crippen molar-refractivity contribution in [3.05, 3.63) is 52.6 Å². The van der Waals surface area contributed by atoms with E-state index in [2.05, 4.69) is 76.3 Å². The van der Waals surface area contributed by atoms with Crippen molar-refractivity contribution in [2.75, 3.05) is 25.0 Å². The first-order valence-corrected chi connectivity index (χ1v) is 12.6. The fraction of sp³-hybridized carbons (Fsp3) is 0.467. The molecule has 0 spiro atoms. The van der Waals surface area contributed by atoms with Gasteiger partial charge in [0.1, 0.15) is 18.5 Å². The topological polar surface area (TPSA) is 52.8 Å². The lowest BCUT2D eigenvalue weighted by atomic mass is 9.68. The zero-order valence-corrected chi connectivity index (χ0v) is 22.0. The van der Waals surface area contributed by atoms with E-state index in [0.29, 0.717) is 18.0 Å². The molecule has 0 aromatic heterocycles. The Morgan fingerprint density at radius 2 is 1.66 bits per heavy atom. The van der Waals surface area contributed by atoms with Crippen molar-refractivity contribution < 1.29 is 19.2 Å². The maximum absolute atomic E-state index is 11.6. The summed E-state index contributed by atoms with van der Waals surface area (Å²) in [6, 6.07) is 7.98. The van der Waals surface area contributed by atoms with Crippen LogP contribution >= 0.6 is 0 Å².